The highest BCUT2D eigenvalue weighted by Gasteiger charge is 2.31. The van der Waals surface area contributed by atoms with E-state index in [1.807, 2.05) is 23.1 Å². The molecule has 3 unspecified atom stereocenters. The quantitative estimate of drug-likeness (QED) is 0.883. The Morgan fingerprint density at radius 2 is 2.41 bits per heavy atom. The van der Waals surface area contributed by atoms with E-state index in [0.717, 1.165) is 11.1 Å². The molecule has 0 aromatic carbocycles. The summed E-state index contributed by atoms with van der Waals surface area (Å²) in [5, 5.41) is 6.85. The lowest BCUT2D eigenvalue weighted by molar-refractivity contribution is 0.531. The molecule has 2 heterocycles. The molecule has 0 bridgehead atoms. The summed E-state index contributed by atoms with van der Waals surface area (Å²) in [6.45, 7) is 2.22. The van der Waals surface area contributed by atoms with Crippen molar-refractivity contribution in [1.82, 2.24) is 5.32 Å². The van der Waals surface area contributed by atoms with E-state index in [1.165, 1.54) is 29.9 Å². The zero-order valence-corrected chi connectivity index (χ0v) is 11.7. The number of thioether (sulfide) groups is 1. The lowest BCUT2D eigenvalue weighted by Gasteiger charge is -2.25. The second-order valence-corrected chi connectivity index (χ2v) is 6.87. The molecule has 1 aromatic heterocycles. The molecule has 1 aromatic rings. The highest BCUT2D eigenvalue weighted by molar-refractivity contribution is 8.13. The van der Waals surface area contributed by atoms with Gasteiger partial charge < -0.3 is 5.32 Å². The second kappa shape index (κ2) is 5.02. The zero-order chi connectivity index (χ0) is 11.7. The van der Waals surface area contributed by atoms with Gasteiger partial charge in [-0.15, -0.1) is 11.3 Å². The lowest BCUT2D eigenvalue weighted by atomic mass is 10.1. The Morgan fingerprint density at radius 1 is 1.47 bits per heavy atom. The minimum Gasteiger partial charge on any atom is -0.358 e. The number of nitrogens with one attached hydrogen (secondary N) is 1. The van der Waals surface area contributed by atoms with Gasteiger partial charge in [0.1, 0.15) is 0 Å². The molecule has 0 radical (unpaired) electrons. The standard InChI is InChI=1S/C13H18N2S2/c1-9(12-6-3-7-16-12)14-13-15-11-5-2-4-10(11)8-17-13/h3,6-7,9-11H,2,4-5,8H2,1H3,(H,14,15). The number of thiophene rings is 1. The van der Waals surface area contributed by atoms with E-state index in [2.05, 4.69) is 29.8 Å². The minimum absolute atomic E-state index is 0.388. The van der Waals surface area contributed by atoms with Crippen molar-refractivity contribution in [3.8, 4) is 0 Å². The van der Waals surface area contributed by atoms with Crippen molar-refractivity contribution in [1.29, 1.82) is 0 Å². The van der Waals surface area contributed by atoms with Crippen LogP contribution >= 0.6 is 23.1 Å². The fourth-order valence-corrected chi connectivity index (χ4v) is 4.59. The largest absolute Gasteiger partial charge is 0.358 e. The van der Waals surface area contributed by atoms with Crippen LogP contribution in [0, 0.1) is 5.92 Å². The lowest BCUT2D eigenvalue weighted by Crippen LogP contribution is -2.31. The van der Waals surface area contributed by atoms with Crippen LogP contribution in [0.2, 0.25) is 0 Å². The Hall–Kier alpha value is -0.480. The van der Waals surface area contributed by atoms with Gasteiger partial charge in [-0.05, 0) is 37.1 Å². The van der Waals surface area contributed by atoms with Gasteiger partial charge in [0.15, 0.2) is 5.17 Å². The predicted molar refractivity (Wildman–Crippen MR) is 76.9 cm³/mol. The highest BCUT2D eigenvalue weighted by atomic mass is 32.2. The molecule has 1 aliphatic heterocycles. The second-order valence-electron chi connectivity index (χ2n) is 4.89. The fraction of sp³-hybridized carbons (Fsp3) is 0.615. The third kappa shape index (κ3) is 2.52. The van der Waals surface area contributed by atoms with Gasteiger partial charge >= 0.3 is 0 Å². The van der Waals surface area contributed by atoms with Gasteiger partial charge in [-0.1, -0.05) is 24.2 Å². The number of rotatable bonds is 2. The first-order chi connectivity index (χ1) is 8.33. The van der Waals surface area contributed by atoms with Crippen LogP contribution in [-0.2, 0) is 0 Å². The molecule has 3 rings (SSSR count). The monoisotopic (exact) mass is 266 g/mol. The Morgan fingerprint density at radius 3 is 3.24 bits per heavy atom. The van der Waals surface area contributed by atoms with Crippen LogP contribution in [0.15, 0.2) is 22.5 Å². The van der Waals surface area contributed by atoms with Crippen molar-refractivity contribution in [3.63, 3.8) is 0 Å². The molecule has 92 valence electrons. The summed E-state index contributed by atoms with van der Waals surface area (Å²) in [6, 6.07) is 5.30. The van der Waals surface area contributed by atoms with Gasteiger partial charge in [-0.2, -0.15) is 0 Å². The molecule has 2 aliphatic rings. The average Bonchev–Trinajstić information content (AvgIpc) is 2.99. The Labute approximate surface area is 111 Å². The molecule has 1 saturated carbocycles. The smallest absolute Gasteiger partial charge is 0.157 e. The zero-order valence-electron chi connectivity index (χ0n) is 10.1. The number of aliphatic imine (C=N–C) groups is 1. The number of hydrogen-bond donors (Lipinski definition) is 1. The third-order valence-electron chi connectivity index (χ3n) is 3.65. The van der Waals surface area contributed by atoms with Crippen molar-refractivity contribution >= 4 is 28.3 Å². The van der Waals surface area contributed by atoms with Crippen LogP contribution in [0.5, 0.6) is 0 Å². The maximum absolute atomic E-state index is 4.87. The number of nitrogens with zero attached hydrogens (tertiary/aromatic N) is 1. The van der Waals surface area contributed by atoms with E-state index in [4.69, 9.17) is 4.99 Å². The topological polar surface area (TPSA) is 24.4 Å². The molecule has 1 aliphatic carbocycles. The summed E-state index contributed by atoms with van der Waals surface area (Å²) < 4.78 is 0. The molecule has 0 amide bonds. The van der Waals surface area contributed by atoms with Crippen LogP contribution in [0.3, 0.4) is 0 Å². The summed E-state index contributed by atoms with van der Waals surface area (Å²) in [5.74, 6) is 2.11. The summed E-state index contributed by atoms with van der Waals surface area (Å²) >= 11 is 3.72. The van der Waals surface area contributed by atoms with E-state index in [-0.39, 0.29) is 0 Å². The summed E-state index contributed by atoms with van der Waals surface area (Å²) in [6.07, 6.45) is 4.05. The molecular formula is C13H18N2S2. The fourth-order valence-electron chi connectivity index (χ4n) is 2.63. The van der Waals surface area contributed by atoms with E-state index >= 15 is 0 Å². The number of amidine groups is 1. The first-order valence-electron chi connectivity index (χ1n) is 6.33. The molecule has 0 spiro atoms. The van der Waals surface area contributed by atoms with Crippen molar-refractivity contribution in [3.05, 3.63) is 22.4 Å². The third-order valence-corrected chi connectivity index (χ3v) is 5.79. The normalized spacial score (nSPS) is 29.6. The van der Waals surface area contributed by atoms with Gasteiger partial charge in [-0.3, -0.25) is 4.99 Å². The summed E-state index contributed by atoms with van der Waals surface area (Å²) in [7, 11) is 0. The first-order valence-corrected chi connectivity index (χ1v) is 8.20. The van der Waals surface area contributed by atoms with Crippen molar-refractivity contribution in [2.75, 3.05) is 5.75 Å². The van der Waals surface area contributed by atoms with Crippen LogP contribution in [0.25, 0.3) is 0 Å². The molecule has 1 N–H and O–H groups in total. The van der Waals surface area contributed by atoms with E-state index in [9.17, 15) is 0 Å². The number of hydrogen-bond acceptors (Lipinski definition) is 4. The summed E-state index contributed by atoms with van der Waals surface area (Å²) in [5.41, 5.74) is 0. The van der Waals surface area contributed by atoms with Crippen molar-refractivity contribution in [2.24, 2.45) is 10.9 Å². The first kappa shape index (κ1) is 11.6. The van der Waals surface area contributed by atoms with E-state index in [1.54, 1.807) is 0 Å². The maximum Gasteiger partial charge on any atom is 0.157 e. The van der Waals surface area contributed by atoms with Gasteiger partial charge in [-0.25, -0.2) is 0 Å². The SMILES string of the molecule is CC(NC1=NC2CCCC2CS1)c1cccs1. The Balaban J connectivity index is 1.65. The van der Waals surface area contributed by atoms with Crippen LogP contribution in [-0.4, -0.2) is 17.0 Å². The van der Waals surface area contributed by atoms with Gasteiger partial charge in [0, 0.05) is 10.6 Å². The van der Waals surface area contributed by atoms with Gasteiger partial charge in [0.2, 0.25) is 0 Å². The molecule has 0 saturated heterocycles. The van der Waals surface area contributed by atoms with Crippen LogP contribution in [0.1, 0.15) is 37.1 Å². The predicted octanol–water partition coefficient (Wildman–Crippen LogP) is 3.67. The van der Waals surface area contributed by atoms with Crippen molar-refractivity contribution < 1.29 is 0 Å². The molecule has 1 fully saturated rings. The highest BCUT2D eigenvalue weighted by Crippen LogP contribution is 2.35. The van der Waals surface area contributed by atoms with Gasteiger partial charge in [0.05, 0.1) is 12.1 Å². The maximum atomic E-state index is 4.87. The summed E-state index contributed by atoms with van der Waals surface area (Å²) in [4.78, 5) is 6.26. The molecule has 3 atom stereocenters. The number of fused-ring (bicyclic) bond motifs is 1. The molecular weight excluding hydrogens is 248 g/mol. The van der Waals surface area contributed by atoms with E-state index in [0.29, 0.717) is 12.1 Å². The Bertz CT molecular complexity index is 400. The minimum atomic E-state index is 0.388. The average molecular weight is 266 g/mol. The van der Waals surface area contributed by atoms with Gasteiger partial charge in [0.25, 0.3) is 0 Å². The Kier molecular flexibility index (Phi) is 3.43. The molecule has 4 heteroatoms. The molecule has 2 nitrogen and oxygen atoms in total. The van der Waals surface area contributed by atoms with E-state index < -0.39 is 0 Å². The molecule has 17 heavy (non-hydrogen) atoms. The van der Waals surface area contributed by atoms with Crippen molar-refractivity contribution in [2.45, 2.75) is 38.3 Å². The van der Waals surface area contributed by atoms with Crippen LogP contribution in [0.4, 0.5) is 0 Å². The van der Waals surface area contributed by atoms with Crippen LogP contribution < -0.4 is 5.32 Å².